The molecule has 0 fully saturated rings. The SMILES string of the molecule is Cc1ccc(OCCCC(=O)NCCCOC(C)C)cc1. The van der Waals surface area contributed by atoms with Crippen LogP contribution in [0.3, 0.4) is 0 Å². The topological polar surface area (TPSA) is 47.6 Å². The Balaban J connectivity index is 1.99. The van der Waals surface area contributed by atoms with Gasteiger partial charge in [0.2, 0.25) is 5.91 Å². The number of hydrogen-bond donors (Lipinski definition) is 1. The van der Waals surface area contributed by atoms with Gasteiger partial charge in [-0.15, -0.1) is 0 Å². The zero-order valence-electron chi connectivity index (χ0n) is 13.4. The van der Waals surface area contributed by atoms with E-state index >= 15 is 0 Å². The Morgan fingerprint density at radius 2 is 1.86 bits per heavy atom. The molecule has 0 atom stereocenters. The number of benzene rings is 1. The number of carbonyl (C=O) groups excluding carboxylic acids is 1. The zero-order chi connectivity index (χ0) is 15.5. The van der Waals surface area contributed by atoms with Crippen LogP contribution in [0.25, 0.3) is 0 Å². The molecular weight excluding hydrogens is 266 g/mol. The van der Waals surface area contributed by atoms with Crippen LogP contribution >= 0.6 is 0 Å². The van der Waals surface area contributed by atoms with Crippen molar-refractivity contribution in [2.75, 3.05) is 19.8 Å². The second kappa shape index (κ2) is 10.2. The molecule has 1 amide bonds. The highest BCUT2D eigenvalue weighted by Crippen LogP contribution is 2.11. The van der Waals surface area contributed by atoms with E-state index in [1.54, 1.807) is 0 Å². The van der Waals surface area contributed by atoms with Gasteiger partial charge in [-0.05, 0) is 45.7 Å². The van der Waals surface area contributed by atoms with Crippen LogP contribution in [-0.4, -0.2) is 31.8 Å². The van der Waals surface area contributed by atoms with E-state index in [4.69, 9.17) is 9.47 Å². The van der Waals surface area contributed by atoms with Crippen LogP contribution in [0.5, 0.6) is 5.75 Å². The van der Waals surface area contributed by atoms with Crippen molar-refractivity contribution in [3.8, 4) is 5.75 Å². The Morgan fingerprint density at radius 1 is 1.14 bits per heavy atom. The number of ether oxygens (including phenoxy) is 2. The van der Waals surface area contributed by atoms with Gasteiger partial charge in [-0.2, -0.15) is 0 Å². The van der Waals surface area contributed by atoms with Gasteiger partial charge in [-0.3, -0.25) is 4.79 Å². The van der Waals surface area contributed by atoms with Crippen LogP contribution in [0.4, 0.5) is 0 Å². The summed E-state index contributed by atoms with van der Waals surface area (Å²) in [6.07, 6.45) is 2.32. The molecule has 4 heteroatoms. The second-order valence-electron chi connectivity index (χ2n) is 5.39. The summed E-state index contributed by atoms with van der Waals surface area (Å²) in [7, 11) is 0. The summed E-state index contributed by atoms with van der Waals surface area (Å²) >= 11 is 0. The van der Waals surface area contributed by atoms with Crippen molar-refractivity contribution in [1.82, 2.24) is 5.32 Å². The second-order valence-corrected chi connectivity index (χ2v) is 5.39. The Hall–Kier alpha value is -1.55. The lowest BCUT2D eigenvalue weighted by Crippen LogP contribution is -2.25. The number of hydrogen-bond acceptors (Lipinski definition) is 3. The third kappa shape index (κ3) is 9.08. The third-order valence-electron chi connectivity index (χ3n) is 2.93. The molecule has 21 heavy (non-hydrogen) atoms. The summed E-state index contributed by atoms with van der Waals surface area (Å²) < 4.78 is 11.0. The molecule has 0 aliphatic carbocycles. The Morgan fingerprint density at radius 3 is 2.52 bits per heavy atom. The zero-order valence-corrected chi connectivity index (χ0v) is 13.4. The maximum atomic E-state index is 11.6. The average molecular weight is 293 g/mol. The molecular formula is C17H27NO3. The summed E-state index contributed by atoms with van der Waals surface area (Å²) in [4.78, 5) is 11.6. The van der Waals surface area contributed by atoms with Crippen molar-refractivity contribution in [3.63, 3.8) is 0 Å². The van der Waals surface area contributed by atoms with Crippen LogP contribution in [0, 0.1) is 6.92 Å². The highest BCUT2D eigenvalue weighted by Gasteiger charge is 2.01. The van der Waals surface area contributed by atoms with E-state index < -0.39 is 0 Å². The first kappa shape index (κ1) is 17.5. The van der Waals surface area contributed by atoms with E-state index in [9.17, 15) is 4.79 Å². The van der Waals surface area contributed by atoms with Gasteiger partial charge in [0.05, 0.1) is 12.7 Å². The molecule has 0 bridgehead atoms. The van der Waals surface area contributed by atoms with Gasteiger partial charge in [-0.25, -0.2) is 0 Å². The molecule has 0 spiro atoms. The summed E-state index contributed by atoms with van der Waals surface area (Å²) in [6.45, 7) is 7.98. The van der Waals surface area contributed by atoms with Gasteiger partial charge in [0.25, 0.3) is 0 Å². The molecule has 0 saturated carbocycles. The number of rotatable bonds is 10. The van der Waals surface area contributed by atoms with Gasteiger partial charge >= 0.3 is 0 Å². The number of nitrogens with one attached hydrogen (secondary N) is 1. The smallest absolute Gasteiger partial charge is 0.220 e. The predicted octanol–water partition coefficient (Wildman–Crippen LogP) is 3.09. The minimum Gasteiger partial charge on any atom is -0.494 e. The molecule has 0 aliphatic heterocycles. The molecule has 0 aliphatic rings. The summed E-state index contributed by atoms with van der Waals surface area (Å²) in [6, 6.07) is 7.93. The standard InChI is InChI=1S/C17H27NO3/c1-14(2)20-13-5-11-18-17(19)6-4-12-21-16-9-7-15(3)8-10-16/h7-10,14H,4-6,11-13H2,1-3H3,(H,18,19). The number of carbonyl (C=O) groups is 1. The largest absolute Gasteiger partial charge is 0.494 e. The minimum absolute atomic E-state index is 0.0760. The lowest BCUT2D eigenvalue weighted by atomic mass is 10.2. The summed E-state index contributed by atoms with van der Waals surface area (Å²) in [5.74, 6) is 0.930. The normalized spacial score (nSPS) is 10.7. The highest BCUT2D eigenvalue weighted by molar-refractivity contribution is 5.75. The first-order chi connectivity index (χ1) is 10.1. The lowest BCUT2D eigenvalue weighted by molar-refractivity contribution is -0.121. The number of amides is 1. The molecule has 0 unspecified atom stereocenters. The third-order valence-corrected chi connectivity index (χ3v) is 2.93. The Kier molecular flexibility index (Phi) is 8.51. The Bertz CT molecular complexity index is 401. The first-order valence-electron chi connectivity index (χ1n) is 7.65. The van der Waals surface area contributed by atoms with E-state index in [0.717, 1.165) is 18.6 Å². The van der Waals surface area contributed by atoms with Crippen molar-refractivity contribution in [1.29, 1.82) is 0 Å². The molecule has 0 saturated heterocycles. The molecule has 1 rings (SSSR count). The maximum Gasteiger partial charge on any atom is 0.220 e. The molecule has 0 radical (unpaired) electrons. The summed E-state index contributed by atoms with van der Waals surface area (Å²) in [5, 5.41) is 2.89. The minimum atomic E-state index is 0.0760. The van der Waals surface area contributed by atoms with Crippen molar-refractivity contribution >= 4 is 5.91 Å². The Labute approximate surface area is 127 Å². The molecule has 1 N–H and O–H groups in total. The fourth-order valence-electron chi connectivity index (χ4n) is 1.76. The van der Waals surface area contributed by atoms with E-state index in [-0.39, 0.29) is 12.0 Å². The lowest BCUT2D eigenvalue weighted by Gasteiger charge is -2.09. The van der Waals surface area contributed by atoms with E-state index in [1.807, 2.05) is 45.0 Å². The fourth-order valence-corrected chi connectivity index (χ4v) is 1.76. The van der Waals surface area contributed by atoms with Crippen LogP contribution < -0.4 is 10.1 Å². The van der Waals surface area contributed by atoms with E-state index in [2.05, 4.69) is 5.32 Å². The predicted molar refractivity (Wildman–Crippen MR) is 84.6 cm³/mol. The molecule has 118 valence electrons. The van der Waals surface area contributed by atoms with Crippen LogP contribution in [0.1, 0.15) is 38.7 Å². The van der Waals surface area contributed by atoms with E-state index in [0.29, 0.717) is 26.2 Å². The van der Waals surface area contributed by atoms with Crippen LogP contribution in [0.15, 0.2) is 24.3 Å². The average Bonchev–Trinajstić information content (AvgIpc) is 2.45. The maximum absolute atomic E-state index is 11.6. The fraction of sp³-hybridized carbons (Fsp3) is 0.588. The molecule has 0 heterocycles. The number of aryl methyl sites for hydroxylation is 1. The monoisotopic (exact) mass is 293 g/mol. The van der Waals surface area contributed by atoms with E-state index in [1.165, 1.54) is 5.56 Å². The van der Waals surface area contributed by atoms with Gasteiger partial charge < -0.3 is 14.8 Å². The molecule has 4 nitrogen and oxygen atoms in total. The van der Waals surface area contributed by atoms with Crippen molar-refractivity contribution in [2.24, 2.45) is 0 Å². The van der Waals surface area contributed by atoms with Crippen molar-refractivity contribution < 1.29 is 14.3 Å². The van der Waals surface area contributed by atoms with Crippen molar-refractivity contribution in [3.05, 3.63) is 29.8 Å². The highest BCUT2D eigenvalue weighted by atomic mass is 16.5. The quantitative estimate of drug-likeness (QED) is 0.674. The van der Waals surface area contributed by atoms with Crippen LogP contribution in [-0.2, 0) is 9.53 Å². The molecule has 1 aromatic rings. The van der Waals surface area contributed by atoms with Gasteiger partial charge in [0, 0.05) is 19.6 Å². The van der Waals surface area contributed by atoms with Crippen LogP contribution in [0.2, 0.25) is 0 Å². The van der Waals surface area contributed by atoms with Gasteiger partial charge in [0.1, 0.15) is 5.75 Å². The van der Waals surface area contributed by atoms with Gasteiger partial charge in [-0.1, -0.05) is 17.7 Å². The summed E-state index contributed by atoms with van der Waals surface area (Å²) in [5.41, 5.74) is 1.21. The van der Waals surface area contributed by atoms with Crippen molar-refractivity contribution in [2.45, 2.75) is 46.1 Å². The van der Waals surface area contributed by atoms with Gasteiger partial charge in [0.15, 0.2) is 0 Å². The molecule has 0 aromatic heterocycles. The first-order valence-corrected chi connectivity index (χ1v) is 7.65. The molecule has 1 aromatic carbocycles.